The summed E-state index contributed by atoms with van der Waals surface area (Å²) in [4.78, 5) is 21.2. The van der Waals surface area contributed by atoms with Gasteiger partial charge in [0.05, 0.1) is 11.7 Å². The molecule has 0 aliphatic rings. The van der Waals surface area contributed by atoms with Crippen LogP contribution in [0, 0.1) is 0 Å². The largest absolute Gasteiger partial charge is 0.337 e. The van der Waals surface area contributed by atoms with Gasteiger partial charge < -0.3 is 4.52 Å². The van der Waals surface area contributed by atoms with Gasteiger partial charge in [0.2, 0.25) is 5.89 Å². The van der Waals surface area contributed by atoms with Gasteiger partial charge in [-0.3, -0.25) is 9.36 Å². The van der Waals surface area contributed by atoms with E-state index in [2.05, 4.69) is 15.1 Å². The standard InChI is InChI=1S/C11H10N4O2S/c1-2-8-13-9(17-14-8)5-15-6-12-10-7(11(15)16)3-4-18-10/h3-4,6H,2,5H2,1H3. The fourth-order valence-electron chi connectivity index (χ4n) is 1.65. The molecular formula is C11H10N4O2S. The van der Waals surface area contributed by atoms with Crippen LogP contribution in [-0.4, -0.2) is 19.7 Å². The van der Waals surface area contributed by atoms with E-state index in [9.17, 15) is 4.79 Å². The number of thiophene rings is 1. The Kier molecular flexibility index (Phi) is 2.67. The normalized spacial score (nSPS) is 11.2. The van der Waals surface area contributed by atoms with Crippen LogP contribution in [0.4, 0.5) is 0 Å². The summed E-state index contributed by atoms with van der Waals surface area (Å²) in [6, 6.07) is 1.77. The zero-order chi connectivity index (χ0) is 12.5. The smallest absolute Gasteiger partial charge is 0.262 e. The molecule has 0 aromatic carbocycles. The highest BCUT2D eigenvalue weighted by Crippen LogP contribution is 2.13. The monoisotopic (exact) mass is 262 g/mol. The third-order valence-corrected chi connectivity index (χ3v) is 3.40. The maximum atomic E-state index is 12.1. The predicted molar refractivity (Wildman–Crippen MR) is 66.7 cm³/mol. The van der Waals surface area contributed by atoms with Crippen molar-refractivity contribution in [2.75, 3.05) is 0 Å². The molecule has 3 rings (SSSR count). The third kappa shape index (κ3) is 1.82. The van der Waals surface area contributed by atoms with Gasteiger partial charge in [0, 0.05) is 6.42 Å². The van der Waals surface area contributed by atoms with Crippen LogP contribution in [0.3, 0.4) is 0 Å². The molecule has 18 heavy (non-hydrogen) atoms. The lowest BCUT2D eigenvalue weighted by atomic mass is 10.4. The highest BCUT2D eigenvalue weighted by Gasteiger charge is 2.09. The molecule has 0 aliphatic heterocycles. The van der Waals surface area contributed by atoms with Crippen molar-refractivity contribution in [3.8, 4) is 0 Å². The summed E-state index contributed by atoms with van der Waals surface area (Å²) >= 11 is 1.45. The Hall–Kier alpha value is -2.02. The highest BCUT2D eigenvalue weighted by atomic mass is 32.1. The Morgan fingerprint density at radius 3 is 3.17 bits per heavy atom. The van der Waals surface area contributed by atoms with Crippen LogP contribution in [0.5, 0.6) is 0 Å². The summed E-state index contributed by atoms with van der Waals surface area (Å²) < 4.78 is 6.54. The zero-order valence-electron chi connectivity index (χ0n) is 9.66. The number of aryl methyl sites for hydroxylation is 1. The van der Waals surface area contributed by atoms with Crippen molar-refractivity contribution in [1.82, 2.24) is 19.7 Å². The molecule has 7 heteroatoms. The molecule has 0 bridgehead atoms. The van der Waals surface area contributed by atoms with Gasteiger partial charge in [0.25, 0.3) is 5.56 Å². The molecule has 0 atom stereocenters. The molecule has 0 saturated carbocycles. The van der Waals surface area contributed by atoms with Crippen LogP contribution in [0.25, 0.3) is 10.2 Å². The Balaban J connectivity index is 1.99. The van der Waals surface area contributed by atoms with Crippen molar-refractivity contribution < 1.29 is 4.52 Å². The zero-order valence-corrected chi connectivity index (χ0v) is 10.5. The van der Waals surface area contributed by atoms with Gasteiger partial charge in [-0.2, -0.15) is 4.98 Å². The molecule has 0 amide bonds. The minimum atomic E-state index is -0.0856. The number of hydrogen-bond acceptors (Lipinski definition) is 6. The third-order valence-electron chi connectivity index (χ3n) is 2.58. The predicted octanol–water partition coefficient (Wildman–Crippen LogP) is 1.45. The van der Waals surface area contributed by atoms with Crippen molar-refractivity contribution in [1.29, 1.82) is 0 Å². The first-order chi connectivity index (χ1) is 8.78. The van der Waals surface area contributed by atoms with Gasteiger partial charge in [-0.25, -0.2) is 4.98 Å². The van der Waals surface area contributed by atoms with Crippen molar-refractivity contribution in [2.24, 2.45) is 0 Å². The van der Waals surface area contributed by atoms with Gasteiger partial charge in [0.15, 0.2) is 5.82 Å². The first-order valence-corrected chi connectivity index (χ1v) is 6.40. The second kappa shape index (κ2) is 4.34. The van der Waals surface area contributed by atoms with Crippen molar-refractivity contribution >= 4 is 21.6 Å². The van der Waals surface area contributed by atoms with Crippen LogP contribution < -0.4 is 5.56 Å². The summed E-state index contributed by atoms with van der Waals surface area (Å²) in [7, 11) is 0. The van der Waals surface area contributed by atoms with E-state index in [1.165, 1.54) is 22.2 Å². The molecule has 3 aromatic heterocycles. The number of fused-ring (bicyclic) bond motifs is 1. The molecule has 0 N–H and O–H groups in total. The first kappa shape index (κ1) is 11.1. The van der Waals surface area contributed by atoms with E-state index < -0.39 is 0 Å². The molecule has 0 saturated heterocycles. The lowest BCUT2D eigenvalue weighted by Crippen LogP contribution is -2.20. The van der Waals surface area contributed by atoms with E-state index in [0.29, 0.717) is 23.5 Å². The average molecular weight is 262 g/mol. The van der Waals surface area contributed by atoms with Crippen molar-refractivity contribution in [3.05, 3.63) is 39.8 Å². The van der Waals surface area contributed by atoms with Crippen LogP contribution in [0.2, 0.25) is 0 Å². The van der Waals surface area contributed by atoms with Crippen LogP contribution in [0.15, 0.2) is 27.1 Å². The molecule has 92 valence electrons. The topological polar surface area (TPSA) is 73.8 Å². The average Bonchev–Trinajstić information content (AvgIpc) is 3.01. The Morgan fingerprint density at radius 1 is 1.50 bits per heavy atom. The molecule has 3 heterocycles. The minimum Gasteiger partial charge on any atom is -0.337 e. The lowest BCUT2D eigenvalue weighted by molar-refractivity contribution is 0.365. The lowest BCUT2D eigenvalue weighted by Gasteiger charge is -2.00. The maximum absolute atomic E-state index is 12.1. The van der Waals surface area contributed by atoms with Crippen LogP contribution >= 0.6 is 11.3 Å². The molecular weight excluding hydrogens is 252 g/mol. The Labute approximate surface area is 106 Å². The summed E-state index contributed by atoms with van der Waals surface area (Å²) in [5.74, 6) is 1.06. The minimum absolute atomic E-state index is 0.0856. The highest BCUT2D eigenvalue weighted by molar-refractivity contribution is 7.16. The molecule has 0 fully saturated rings. The van der Waals surface area contributed by atoms with Gasteiger partial charge in [-0.15, -0.1) is 11.3 Å². The van der Waals surface area contributed by atoms with E-state index >= 15 is 0 Å². The summed E-state index contributed by atoms with van der Waals surface area (Å²) in [6.07, 6.45) is 2.22. The molecule has 6 nitrogen and oxygen atoms in total. The first-order valence-electron chi connectivity index (χ1n) is 5.52. The Bertz CT molecular complexity index is 743. The fourth-order valence-corrected chi connectivity index (χ4v) is 2.37. The molecule has 0 aliphatic carbocycles. The summed E-state index contributed by atoms with van der Waals surface area (Å²) in [5, 5.41) is 6.27. The molecule has 0 unspecified atom stereocenters. The van der Waals surface area contributed by atoms with E-state index in [4.69, 9.17) is 4.52 Å². The second-order valence-corrected chi connectivity index (χ2v) is 4.67. The number of hydrogen-bond donors (Lipinski definition) is 0. The Morgan fingerprint density at radius 2 is 2.39 bits per heavy atom. The summed E-state index contributed by atoms with van der Waals surface area (Å²) in [6.45, 7) is 2.20. The van der Waals surface area contributed by atoms with E-state index in [-0.39, 0.29) is 12.1 Å². The summed E-state index contributed by atoms with van der Waals surface area (Å²) in [5.41, 5.74) is -0.0856. The molecule has 3 aromatic rings. The van der Waals surface area contributed by atoms with E-state index in [1.807, 2.05) is 12.3 Å². The number of nitrogens with zero attached hydrogens (tertiary/aromatic N) is 4. The van der Waals surface area contributed by atoms with Gasteiger partial charge in [-0.05, 0) is 11.4 Å². The second-order valence-electron chi connectivity index (χ2n) is 3.77. The quantitative estimate of drug-likeness (QED) is 0.714. The van der Waals surface area contributed by atoms with Crippen molar-refractivity contribution in [2.45, 2.75) is 19.9 Å². The number of aromatic nitrogens is 4. The van der Waals surface area contributed by atoms with Crippen molar-refractivity contribution in [3.63, 3.8) is 0 Å². The van der Waals surface area contributed by atoms with Crippen LogP contribution in [0.1, 0.15) is 18.6 Å². The SMILES string of the molecule is CCc1noc(Cn2cnc3sccc3c2=O)n1. The molecule has 0 spiro atoms. The van der Waals surface area contributed by atoms with Gasteiger partial charge >= 0.3 is 0 Å². The van der Waals surface area contributed by atoms with Gasteiger partial charge in [0.1, 0.15) is 11.4 Å². The number of rotatable bonds is 3. The van der Waals surface area contributed by atoms with E-state index in [0.717, 1.165) is 4.83 Å². The fraction of sp³-hybridized carbons (Fsp3) is 0.273. The van der Waals surface area contributed by atoms with Gasteiger partial charge in [-0.1, -0.05) is 12.1 Å². The van der Waals surface area contributed by atoms with Crippen LogP contribution in [-0.2, 0) is 13.0 Å². The maximum Gasteiger partial charge on any atom is 0.262 e. The molecule has 0 radical (unpaired) electrons. The van der Waals surface area contributed by atoms with E-state index in [1.54, 1.807) is 6.07 Å².